The van der Waals surface area contributed by atoms with Gasteiger partial charge in [0.15, 0.2) is 0 Å². The number of aryl methyl sites for hydroxylation is 1. The molecule has 104 valence electrons. The lowest BCUT2D eigenvalue weighted by molar-refractivity contribution is 0.126. The maximum atomic E-state index is 9.82. The van der Waals surface area contributed by atoms with E-state index < -0.39 is 6.10 Å². The molecule has 2 aromatic rings. The highest BCUT2D eigenvalue weighted by molar-refractivity contribution is 7.99. The minimum atomic E-state index is -0.632. The average molecular weight is 291 g/mol. The highest BCUT2D eigenvalue weighted by atomic mass is 32.2. The number of rotatable bonds is 6. The zero-order chi connectivity index (χ0) is 14.4. The number of ether oxygens (including phenoxy) is 1. The molecule has 0 saturated carbocycles. The summed E-state index contributed by atoms with van der Waals surface area (Å²) in [6, 6.07) is 8.77. The van der Waals surface area contributed by atoms with Crippen LogP contribution in [0, 0.1) is 11.3 Å². The monoisotopic (exact) mass is 291 g/mol. The van der Waals surface area contributed by atoms with Gasteiger partial charge in [0.25, 0.3) is 0 Å². The second-order valence-corrected chi connectivity index (χ2v) is 4.98. The van der Waals surface area contributed by atoms with Gasteiger partial charge >= 0.3 is 0 Å². The van der Waals surface area contributed by atoms with Crippen molar-refractivity contribution in [2.45, 2.75) is 11.3 Å². The Morgan fingerprint density at radius 3 is 2.80 bits per heavy atom. The summed E-state index contributed by atoms with van der Waals surface area (Å²) in [5, 5.41) is 30.2. The largest absolute Gasteiger partial charge is 0.491 e. The summed E-state index contributed by atoms with van der Waals surface area (Å²) in [7, 11) is 1.74. The molecular formula is C12H13N5O2S. The summed E-state index contributed by atoms with van der Waals surface area (Å²) < 4.78 is 6.98. The van der Waals surface area contributed by atoms with Crippen molar-refractivity contribution in [2.24, 2.45) is 7.05 Å². The van der Waals surface area contributed by atoms with Crippen LogP contribution in [-0.4, -0.2) is 43.8 Å². The molecule has 1 atom stereocenters. The van der Waals surface area contributed by atoms with Crippen molar-refractivity contribution in [3.8, 4) is 11.8 Å². The summed E-state index contributed by atoms with van der Waals surface area (Å²) in [5.74, 6) is 1.05. The van der Waals surface area contributed by atoms with E-state index in [-0.39, 0.29) is 6.61 Å². The maximum absolute atomic E-state index is 9.82. The first-order chi connectivity index (χ1) is 9.69. The van der Waals surface area contributed by atoms with E-state index in [0.717, 1.165) is 0 Å². The summed E-state index contributed by atoms with van der Waals surface area (Å²) in [5.41, 5.74) is 0.572. The van der Waals surface area contributed by atoms with Gasteiger partial charge in [0.05, 0.1) is 17.7 Å². The van der Waals surface area contributed by atoms with Gasteiger partial charge in [-0.25, -0.2) is 4.68 Å². The fourth-order valence-corrected chi connectivity index (χ4v) is 2.14. The molecule has 0 amide bonds. The number of benzene rings is 1. The lowest BCUT2D eigenvalue weighted by Gasteiger charge is -2.11. The van der Waals surface area contributed by atoms with Crippen molar-refractivity contribution >= 4 is 11.8 Å². The van der Waals surface area contributed by atoms with E-state index >= 15 is 0 Å². The molecule has 0 spiro atoms. The van der Waals surface area contributed by atoms with Gasteiger partial charge in [-0.2, -0.15) is 5.26 Å². The molecule has 0 aliphatic heterocycles. The number of nitrogens with zero attached hydrogens (tertiary/aromatic N) is 5. The molecule has 1 aromatic heterocycles. The molecule has 8 heteroatoms. The van der Waals surface area contributed by atoms with Crippen LogP contribution in [0.15, 0.2) is 29.4 Å². The first-order valence-corrected chi connectivity index (χ1v) is 6.84. The zero-order valence-corrected chi connectivity index (χ0v) is 11.6. The van der Waals surface area contributed by atoms with Crippen molar-refractivity contribution in [1.82, 2.24) is 20.2 Å². The molecule has 1 heterocycles. The smallest absolute Gasteiger partial charge is 0.209 e. The van der Waals surface area contributed by atoms with Crippen molar-refractivity contribution in [3.63, 3.8) is 0 Å². The number of aliphatic hydroxyl groups excluding tert-OH is 1. The number of hydrogen-bond acceptors (Lipinski definition) is 7. The van der Waals surface area contributed by atoms with E-state index in [4.69, 9.17) is 10.00 Å². The van der Waals surface area contributed by atoms with Crippen molar-refractivity contribution < 1.29 is 9.84 Å². The second-order valence-electron chi connectivity index (χ2n) is 4.00. The predicted molar refractivity (Wildman–Crippen MR) is 72.2 cm³/mol. The molecule has 0 bridgehead atoms. The van der Waals surface area contributed by atoms with Crippen LogP contribution in [0.3, 0.4) is 0 Å². The molecule has 0 radical (unpaired) electrons. The fourth-order valence-electron chi connectivity index (χ4n) is 1.38. The second kappa shape index (κ2) is 6.88. The van der Waals surface area contributed by atoms with Gasteiger partial charge < -0.3 is 9.84 Å². The van der Waals surface area contributed by atoms with Gasteiger partial charge in [-0.1, -0.05) is 11.8 Å². The molecule has 1 unspecified atom stereocenters. The maximum Gasteiger partial charge on any atom is 0.209 e. The zero-order valence-electron chi connectivity index (χ0n) is 10.8. The molecule has 20 heavy (non-hydrogen) atoms. The van der Waals surface area contributed by atoms with Gasteiger partial charge in [0.1, 0.15) is 12.4 Å². The van der Waals surface area contributed by atoms with Crippen LogP contribution in [-0.2, 0) is 7.05 Å². The molecule has 1 N–H and O–H groups in total. The standard InChI is InChI=1S/C12H13N5O2S/c1-17-12(14-15-16-17)20-8-10(18)7-19-11-4-2-9(6-13)3-5-11/h2-5,10,18H,7-8H2,1H3. The molecule has 0 saturated heterocycles. The molecular weight excluding hydrogens is 278 g/mol. The van der Waals surface area contributed by atoms with E-state index in [1.165, 1.54) is 11.8 Å². The predicted octanol–water partition coefficient (Wildman–Crippen LogP) is 0.614. The molecule has 2 rings (SSSR count). The Bertz CT molecular complexity index is 593. The Balaban J connectivity index is 1.76. The highest BCUT2D eigenvalue weighted by Gasteiger charge is 2.09. The summed E-state index contributed by atoms with van der Waals surface area (Å²) >= 11 is 1.36. The Hall–Kier alpha value is -2.11. The van der Waals surface area contributed by atoms with Crippen molar-refractivity contribution in [3.05, 3.63) is 29.8 Å². The van der Waals surface area contributed by atoms with Gasteiger partial charge in [-0.05, 0) is 34.7 Å². The van der Waals surface area contributed by atoms with E-state index in [1.54, 1.807) is 36.0 Å². The van der Waals surface area contributed by atoms with Crippen LogP contribution in [0.5, 0.6) is 5.75 Å². The van der Waals surface area contributed by atoms with Crippen molar-refractivity contribution in [1.29, 1.82) is 5.26 Å². The van der Waals surface area contributed by atoms with Gasteiger partial charge in [-0.15, -0.1) is 5.10 Å². The minimum absolute atomic E-state index is 0.171. The summed E-state index contributed by atoms with van der Waals surface area (Å²) in [6.07, 6.45) is -0.632. The first-order valence-electron chi connectivity index (χ1n) is 5.85. The van der Waals surface area contributed by atoms with Gasteiger partial charge in [0.2, 0.25) is 5.16 Å². The number of aromatic nitrogens is 4. The fraction of sp³-hybridized carbons (Fsp3) is 0.333. The molecule has 0 fully saturated rings. The quantitative estimate of drug-likeness (QED) is 0.779. The Labute approximate surface area is 120 Å². The van der Waals surface area contributed by atoms with Crippen LogP contribution in [0.25, 0.3) is 0 Å². The number of tetrazole rings is 1. The summed E-state index contributed by atoms with van der Waals surface area (Å²) in [6.45, 7) is 0.171. The Morgan fingerprint density at radius 2 is 2.20 bits per heavy atom. The lowest BCUT2D eigenvalue weighted by atomic mass is 10.2. The SMILES string of the molecule is Cn1nnnc1SCC(O)COc1ccc(C#N)cc1. The lowest BCUT2D eigenvalue weighted by Crippen LogP contribution is -2.20. The van der Waals surface area contributed by atoms with E-state index in [2.05, 4.69) is 15.5 Å². The molecule has 0 aliphatic carbocycles. The molecule has 7 nitrogen and oxygen atoms in total. The normalized spacial score (nSPS) is 11.8. The third-order valence-electron chi connectivity index (χ3n) is 2.41. The van der Waals surface area contributed by atoms with Gasteiger partial charge in [0, 0.05) is 12.8 Å². The van der Waals surface area contributed by atoms with Crippen LogP contribution >= 0.6 is 11.8 Å². The number of aliphatic hydroxyl groups is 1. The molecule has 0 aliphatic rings. The highest BCUT2D eigenvalue weighted by Crippen LogP contribution is 2.15. The van der Waals surface area contributed by atoms with Crippen LogP contribution in [0.1, 0.15) is 5.56 Å². The topological polar surface area (TPSA) is 96.8 Å². The summed E-state index contributed by atoms with van der Waals surface area (Å²) in [4.78, 5) is 0. The van der Waals surface area contributed by atoms with Gasteiger partial charge in [-0.3, -0.25) is 0 Å². The Morgan fingerprint density at radius 1 is 1.45 bits per heavy atom. The first kappa shape index (κ1) is 14.3. The van der Waals surface area contributed by atoms with E-state index in [0.29, 0.717) is 22.2 Å². The average Bonchev–Trinajstić information content (AvgIpc) is 2.89. The number of hydrogen-bond donors (Lipinski definition) is 1. The third-order valence-corrected chi connectivity index (χ3v) is 3.57. The Kier molecular flexibility index (Phi) is 4.92. The van der Waals surface area contributed by atoms with Crippen LogP contribution in [0.2, 0.25) is 0 Å². The number of thioether (sulfide) groups is 1. The van der Waals surface area contributed by atoms with Crippen LogP contribution < -0.4 is 4.74 Å². The molecule has 1 aromatic carbocycles. The van der Waals surface area contributed by atoms with Crippen LogP contribution in [0.4, 0.5) is 0 Å². The third kappa shape index (κ3) is 3.94. The van der Waals surface area contributed by atoms with E-state index in [1.807, 2.05) is 6.07 Å². The number of nitriles is 1. The van der Waals surface area contributed by atoms with E-state index in [9.17, 15) is 5.11 Å². The minimum Gasteiger partial charge on any atom is -0.491 e. The van der Waals surface area contributed by atoms with Crippen molar-refractivity contribution in [2.75, 3.05) is 12.4 Å².